The third-order valence-electron chi connectivity index (χ3n) is 15.5. The maximum absolute atomic E-state index is 5.56. The monoisotopic (exact) mass is 1020 g/mol. The summed E-state index contributed by atoms with van der Waals surface area (Å²) < 4.78 is 4.91. The summed E-state index contributed by atoms with van der Waals surface area (Å²) in [5.74, 6) is 1.74. The molecule has 0 atom stereocenters. The maximum Gasteiger partial charge on any atom is 0.164 e. The summed E-state index contributed by atoms with van der Waals surface area (Å²) in [6, 6.07) is 106. The Balaban J connectivity index is 1.01. The second-order valence-electron chi connectivity index (χ2n) is 20.4. The number of nitrogens with zero attached hydrogens (tertiary/aromatic N) is 5. The van der Waals surface area contributed by atoms with Crippen LogP contribution in [0.3, 0.4) is 0 Å². The van der Waals surface area contributed by atoms with E-state index in [1.54, 1.807) is 0 Å². The first kappa shape index (κ1) is 46.5. The van der Waals surface area contributed by atoms with Gasteiger partial charge in [0.1, 0.15) is 0 Å². The summed E-state index contributed by atoms with van der Waals surface area (Å²) >= 11 is 0. The van der Waals surface area contributed by atoms with Gasteiger partial charge in [-0.15, -0.1) is 0 Å². The molecule has 0 saturated heterocycles. The number of benzene rings is 12. The second-order valence-corrected chi connectivity index (χ2v) is 20.4. The molecule has 374 valence electrons. The van der Waals surface area contributed by atoms with Gasteiger partial charge in [0, 0.05) is 55.0 Å². The van der Waals surface area contributed by atoms with Gasteiger partial charge in [0.2, 0.25) is 0 Å². The van der Waals surface area contributed by atoms with Crippen molar-refractivity contribution in [3.63, 3.8) is 0 Å². The van der Waals surface area contributed by atoms with E-state index in [2.05, 4.69) is 300 Å². The quantitative estimate of drug-likeness (QED) is 0.137. The van der Waals surface area contributed by atoms with Gasteiger partial charge in [0.05, 0.1) is 27.8 Å². The molecule has 5 heteroatoms. The highest BCUT2D eigenvalue weighted by Crippen LogP contribution is 2.46. The van der Waals surface area contributed by atoms with Crippen molar-refractivity contribution in [3.05, 3.63) is 297 Å². The summed E-state index contributed by atoms with van der Waals surface area (Å²) in [4.78, 5) is 16.4. The SMILES string of the molecule is c1ccc(-c2ccc(-c3nc(-c4cc(-c5ccccc5)cc(-c5ccccc5)c4)nc(-c4cc(-c5ccccc5)c(-n5c6ccccc6c6cc7c(cc65)c5ccccc5n7-c5ccccc5)c(-c5ccccc5)c4)n3)cc2)cc1. The summed E-state index contributed by atoms with van der Waals surface area (Å²) in [6.45, 7) is 0. The highest BCUT2D eigenvalue weighted by atomic mass is 15.0. The van der Waals surface area contributed by atoms with E-state index in [9.17, 15) is 0 Å². The van der Waals surface area contributed by atoms with E-state index in [0.29, 0.717) is 17.5 Å². The molecule has 15 rings (SSSR count). The molecule has 0 aliphatic carbocycles. The van der Waals surface area contributed by atoms with Crippen molar-refractivity contribution in [2.75, 3.05) is 0 Å². The lowest BCUT2D eigenvalue weighted by Gasteiger charge is -2.21. The lowest BCUT2D eigenvalue weighted by atomic mass is 9.92. The first-order valence-electron chi connectivity index (χ1n) is 27.2. The third kappa shape index (κ3) is 8.24. The zero-order chi connectivity index (χ0) is 52.9. The van der Waals surface area contributed by atoms with Gasteiger partial charge in [-0.05, 0) is 111 Å². The topological polar surface area (TPSA) is 48.5 Å². The number of hydrogen-bond donors (Lipinski definition) is 0. The molecule has 0 bridgehead atoms. The van der Waals surface area contributed by atoms with Crippen LogP contribution in [0.25, 0.3) is 145 Å². The number of rotatable bonds is 10. The molecule has 12 aromatic carbocycles. The molecule has 3 aromatic heterocycles. The maximum atomic E-state index is 5.56. The van der Waals surface area contributed by atoms with Gasteiger partial charge in [-0.2, -0.15) is 0 Å². The normalized spacial score (nSPS) is 11.5. The van der Waals surface area contributed by atoms with E-state index < -0.39 is 0 Å². The van der Waals surface area contributed by atoms with Crippen LogP contribution in [0.2, 0.25) is 0 Å². The molecule has 0 unspecified atom stereocenters. The average molecular weight is 1020 g/mol. The highest BCUT2D eigenvalue weighted by Gasteiger charge is 2.25. The average Bonchev–Trinajstić information content (AvgIpc) is 4.26. The molecule has 3 heterocycles. The number of para-hydroxylation sites is 3. The van der Waals surface area contributed by atoms with E-state index in [1.807, 2.05) is 6.07 Å². The van der Waals surface area contributed by atoms with Gasteiger partial charge in [-0.1, -0.05) is 231 Å². The van der Waals surface area contributed by atoms with Crippen molar-refractivity contribution < 1.29 is 0 Å². The van der Waals surface area contributed by atoms with E-state index in [0.717, 1.165) is 100 Å². The first-order chi connectivity index (χ1) is 39.7. The highest BCUT2D eigenvalue weighted by molar-refractivity contribution is 6.19. The van der Waals surface area contributed by atoms with Crippen molar-refractivity contribution >= 4 is 43.6 Å². The summed E-state index contributed by atoms with van der Waals surface area (Å²) in [5.41, 5.74) is 20.3. The number of aromatic nitrogens is 5. The Morgan fingerprint density at radius 1 is 0.200 bits per heavy atom. The van der Waals surface area contributed by atoms with Gasteiger partial charge in [-0.3, -0.25) is 0 Å². The van der Waals surface area contributed by atoms with Crippen molar-refractivity contribution in [2.45, 2.75) is 0 Å². The summed E-state index contributed by atoms with van der Waals surface area (Å²) in [7, 11) is 0. The van der Waals surface area contributed by atoms with Crippen LogP contribution in [0, 0.1) is 0 Å². The Bertz CT molecular complexity index is 4650. The standard InChI is InChI=1S/C75H49N5/c1-7-23-50(24-8-1)53-39-41-56(42-40-53)73-76-74(59-44-57(51-25-9-2-10-26-51)43-58(45-59)52-27-11-3-12-28-52)78-75(77-73)60-46-64(54-29-13-4-14-30-54)72(65(47-60)55-31-15-5-16-32-55)80-69-38-22-20-36-63(69)67-48-70-66(49-71(67)80)62-35-19-21-37-68(62)79(70)61-33-17-6-18-34-61/h1-49H. The van der Waals surface area contributed by atoms with Crippen molar-refractivity contribution in [1.82, 2.24) is 24.1 Å². The van der Waals surface area contributed by atoms with Crippen LogP contribution in [-0.4, -0.2) is 24.1 Å². The van der Waals surface area contributed by atoms with Crippen LogP contribution >= 0.6 is 0 Å². The van der Waals surface area contributed by atoms with E-state index in [4.69, 9.17) is 15.0 Å². The largest absolute Gasteiger partial charge is 0.309 e. The molecule has 15 aromatic rings. The number of fused-ring (bicyclic) bond motifs is 6. The lowest BCUT2D eigenvalue weighted by Crippen LogP contribution is -2.04. The Kier molecular flexibility index (Phi) is 11.4. The zero-order valence-corrected chi connectivity index (χ0v) is 43.5. The molecule has 0 saturated carbocycles. The Hall–Kier alpha value is -10.8. The second kappa shape index (κ2) is 19.7. The molecular weight excluding hydrogens is 971 g/mol. The summed E-state index contributed by atoms with van der Waals surface area (Å²) in [6.07, 6.45) is 0. The molecule has 0 amide bonds. The minimum atomic E-state index is 0.571. The fourth-order valence-electron chi connectivity index (χ4n) is 11.8. The molecule has 0 fully saturated rings. The lowest BCUT2D eigenvalue weighted by molar-refractivity contribution is 1.07. The van der Waals surface area contributed by atoms with E-state index in [-0.39, 0.29) is 0 Å². The molecule has 0 radical (unpaired) electrons. The Morgan fingerprint density at radius 3 is 1.00 bits per heavy atom. The molecule has 0 spiro atoms. The van der Waals surface area contributed by atoms with E-state index >= 15 is 0 Å². The van der Waals surface area contributed by atoms with Crippen molar-refractivity contribution in [3.8, 4) is 101 Å². The van der Waals surface area contributed by atoms with Gasteiger partial charge in [0.15, 0.2) is 17.5 Å². The molecule has 0 aliphatic heterocycles. The van der Waals surface area contributed by atoms with Crippen LogP contribution in [0.4, 0.5) is 0 Å². The van der Waals surface area contributed by atoms with Gasteiger partial charge in [-0.25, -0.2) is 15.0 Å². The summed E-state index contributed by atoms with van der Waals surface area (Å²) in [5, 5.41) is 4.74. The zero-order valence-electron chi connectivity index (χ0n) is 43.5. The fourth-order valence-corrected chi connectivity index (χ4v) is 11.8. The van der Waals surface area contributed by atoms with Crippen molar-refractivity contribution in [2.24, 2.45) is 0 Å². The van der Waals surface area contributed by atoms with Crippen LogP contribution in [0.5, 0.6) is 0 Å². The van der Waals surface area contributed by atoms with Gasteiger partial charge < -0.3 is 9.13 Å². The minimum absolute atomic E-state index is 0.571. The number of hydrogen-bond acceptors (Lipinski definition) is 3. The van der Waals surface area contributed by atoms with Gasteiger partial charge in [0.25, 0.3) is 0 Å². The Labute approximate surface area is 463 Å². The minimum Gasteiger partial charge on any atom is -0.309 e. The van der Waals surface area contributed by atoms with Crippen LogP contribution in [0.1, 0.15) is 0 Å². The molecule has 5 nitrogen and oxygen atoms in total. The third-order valence-corrected chi connectivity index (χ3v) is 15.5. The fraction of sp³-hybridized carbons (Fsp3) is 0. The van der Waals surface area contributed by atoms with Crippen molar-refractivity contribution in [1.29, 1.82) is 0 Å². The molecule has 0 aliphatic rings. The van der Waals surface area contributed by atoms with Crippen LogP contribution in [-0.2, 0) is 0 Å². The van der Waals surface area contributed by atoms with Crippen LogP contribution < -0.4 is 0 Å². The molecular formula is C75H49N5. The predicted octanol–water partition coefficient (Wildman–Crippen LogP) is 19.4. The Morgan fingerprint density at radius 2 is 0.525 bits per heavy atom. The first-order valence-corrected chi connectivity index (χ1v) is 27.2. The molecule has 80 heavy (non-hydrogen) atoms. The van der Waals surface area contributed by atoms with Crippen LogP contribution in [0.15, 0.2) is 297 Å². The van der Waals surface area contributed by atoms with Gasteiger partial charge >= 0.3 is 0 Å². The van der Waals surface area contributed by atoms with E-state index in [1.165, 1.54) is 27.1 Å². The molecule has 0 N–H and O–H groups in total. The smallest absolute Gasteiger partial charge is 0.164 e. The predicted molar refractivity (Wildman–Crippen MR) is 332 cm³/mol.